The number of carbonyl (C=O) groups is 1. The average molecular weight is 285 g/mol. The fourth-order valence-electron chi connectivity index (χ4n) is 1.85. The largest absolute Gasteiger partial charge is 0.487 e. The van der Waals surface area contributed by atoms with Crippen LogP contribution >= 0.6 is 0 Å². The summed E-state index contributed by atoms with van der Waals surface area (Å²) in [5.74, 6) is 0.338. The zero-order valence-electron chi connectivity index (χ0n) is 12.3. The fourth-order valence-corrected chi connectivity index (χ4v) is 1.85. The second-order valence-electron chi connectivity index (χ2n) is 4.70. The van der Waals surface area contributed by atoms with Crippen molar-refractivity contribution in [3.05, 3.63) is 59.4 Å². The van der Waals surface area contributed by atoms with Crippen molar-refractivity contribution in [1.82, 2.24) is 4.98 Å². The minimum atomic E-state index is -0.328. The van der Waals surface area contributed by atoms with Gasteiger partial charge in [-0.15, -0.1) is 0 Å². The molecule has 0 saturated carbocycles. The molecule has 2 rings (SSSR count). The molecule has 0 aliphatic carbocycles. The third-order valence-electron chi connectivity index (χ3n) is 3.04. The van der Waals surface area contributed by atoms with Gasteiger partial charge in [-0.3, -0.25) is 9.78 Å². The van der Waals surface area contributed by atoms with Gasteiger partial charge in [0.15, 0.2) is 0 Å². The van der Waals surface area contributed by atoms with Gasteiger partial charge in [0.25, 0.3) is 0 Å². The van der Waals surface area contributed by atoms with E-state index < -0.39 is 0 Å². The molecule has 0 amide bonds. The molecular weight excluding hydrogens is 266 g/mol. The highest BCUT2D eigenvalue weighted by Crippen LogP contribution is 2.21. The average Bonchev–Trinajstić information content (AvgIpc) is 2.52. The first-order valence-corrected chi connectivity index (χ1v) is 6.97. The van der Waals surface area contributed by atoms with Crippen molar-refractivity contribution in [2.24, 2.45) is 0 Å². The number of carbonyl (C=O) groups excluding carboxylic acids is 1. The van der Waals surface area contributed by atoms with Crippen LogP contribution in [0.25, 0.3) is 0 Å². The number of hydrogen-bond acceptors (Lipinski definition) is 4. The Hall–Kier alpha value is -2.36. The molecule has 0 unspecified atom stereocenters. The van der Waals surface area contributed by atoms with E-state index in [-0.39, 0.29) is 12.6 Å². The lowest BCUT2D eigenvalue weighted by Gasteiger charge is -2.12. The van der Waals surface area contributed by atoms with Gasteiger partial charge in [-0.25, -0.2) is 0 Å². The maximum Gasteiger partial charge on any atom is 0.303 e. The lowest BCUT2D eigenvalue weighted by atomic mass is 10.2. The van der Waals surface area contributed by atoms with Crippen LogP contribution in [-0.4, -0.2) is 11.0 Å². The van der Waals surface area contributed by atoms with Gasteiger partial charge < -0.3 is 9.47 Å². The summed E-state index contributed by atoms with van der Waals surface area (Å²) in [5, 5.41) is 0. The van der Waals surface area contributed by atoms with Crippen LogP contribution in [-0.2, 0) is 29.2 Å². The number of esters is 1. The van der Waals surface area contributed by atoms with Gasteiger partial charge in [0, 0.05) is 13.1 Å². The maximum absolute atomic E-state index is 10.9. The van der Waals surface area contributed by atoms with E-state index in [1.807, 2.05) is 36.4 Å². The first-order chi connectivity index (χ1) is 10.2. The van der Waals surface area contributed by atoms with Gasteiger partial charge in [-0.1, -0.05) is 37.3 Å². The normalized spacial score (nSPS) is 10.2. The standard InChI is InChI=1S/C17H19NO3/c1-3-14-9-17(16(18-10-14)12-20-13(2)19)21-11-15-7-5-4-6-8-15/h4-10H,3,11-12H2,1-2H3. The molecule has 0 aliphatic rings. The first-order valence-electron chi connectivity index (χ1n) is 6.97. The number of nitrogens with zero attached hydrogens (tertiary/aromatic N) is 1. The summed E-state index contributed by atoms with van der Waals surface area (Å²) in [7, 11) is 0. The zero-order chi connectivity index (χ0) is 15.1. The predicted molar refractivity (Wildman–Crippen MR) is 79.9 cm³/mol. The Balaban J connectivity index is 2.12. The number of benzene rings is 1. The first kappa shape index (κ1) is 15.0. The molecule has 110 valence electrons. The summed E-state index contributed by atoms with van der Waals surface area (Å²) in [6, 6.07) is 11.9. The highest BCUT2D eigenvalue weighted by Gasteiger charge is 2.09. The Kier molecular flexibility index (Phi) is 5.32. The molecule has 0 bridgehead atoms. The van der Waals surface area contributed by atoms with E-state index >= 15 is 0 Å². The smallest absolute Gasteiger partial charge is 0.303 e. The van der Waals surface area contributed by atoms with Gasteiger partial charge in [0.05, 0.1) is 0 Å². The summed E-state index contributed by atoms with van der Waals surface area (Å²) in [6.07, 6.45) is 2.66. The third kappa shape index (κ3) is 4.60. The summed E-state index contributed by atoms with van der Waals surface area (Å²) in [6.45, 7) is 4.03. The van der Waals surface area contributed by atoms with Gasteiger partial charge in [-0.2, -0.15) is 0 Å². The number of hydrogen-bond donors (Lipinski definition) is 0. The highest BCUT2D eigenvalue weighted by atomic mass is 16.5. The van der Waals surface area contributed by atoms with E-state index in [1.165, 1.54) is 6.92 Å². The molecule has 0 spiro atoms. The van der Waals surface area contributed by atoms with Crippen LogP contribution in [0.3, 0.4) is 0 Å². The van der Waals surface area contributed by atoms with Crippen molar-refractivity contribution >= 4 is 5.97 Å². The molecular formula is C17H19NO3. The number of ether oxygens (including phenoxy) is 2. The molecule has 0 atom stereocenters. The molecule has 4 nitrogen and oxygen atoms in total. The molecule has 0 aliphatic heterocycles. The summed E-state index contributed by atoms with van der Waals surface area (Å²) in [5.41, 5.74) is 2.81. The predicted octanol–water partition coefficient (Wildman–Crippen LogP) is 3.29. The summed E-state index contributed by atoms with van der Waals surface area (Å²) >= 11 is 0. The molecule has 2 aromatic rings. The van der Waals surface area contributed by atoms with Crippen LogP contribution in [0, 0.1) is 0 Å². The van der Waals surface area contributed by atoms with Crippen molar-refractivity contribution in [2.45, 2.75) is 33.5 Å². The SMILES string of the molecule is CCc1cnc(COC(C)=O)c(OCc2ccccc2)c1. The number of pyridine rings is 1. The number of rotatable bonds is 6. The van der Waals surface area contributed by atoms with Gasteiger partial charge in [0.1, 0.15) is 24.7 Å². The lowest BCUT2D eigenvalue weighted by molar-refractivity contribution is -0.142. The van der Waals surface area contributed by atoms with E-state index in [4.69, 9.17) is 9.47 Å². The van der Waals surface area contributed by atoms with E-state index in [2.05, 4.69) is 11.9 Å². The Morgan fingerprint density at radius 1 is 1.14 bits per heavy atom. The quantitative estimate of drug-likeness (QED) is 0.764. The van der Waals surface area contributed by atoms with Crippen LogP contribution in [0.4, 0.5) is 0 Å². The van der Waals surface area contributed by atoms with E-state index in [9.17, 15) is 4.79 Å². The van der Waals surface area contributed by atoms with Crippen molar-refractivity contribution in [1.29, 1.82) is 0 Å². The van der Waals surface area contributed by atoms with E-state index in [1.54, 1.807) is 6.20 Å². The van der Waals surface area contributed by atoms with Gasteiger partial charge >= 0.3 is 5.97 Å². The van der Waals surface area contributed by atoms with Crippen molar-refractivity contribution < 1.29 is 14.3 Å². The molecule has 0 N–H and O–H groups in total. The monoisotopic (exact) mass is 285 g/mol. The molecule has 21 heavy (non-hydrogen) atoms. The highest BCUT2D eigenvalue weighted by molar-refractivity contribution is 5.65. The molecule has 0 radical (unpaired) electrons. The number of aromatic nitrogens is 1. The molecule has 1 aromatic carbocycles. The van der Waals surface area contributed by atoms with Crippen molar-refractivity contribution in [3.63, 3.8) is 0 Å². The van der Waals surface area contributed by atoms with Crippen LogP contribution < -0.4 is 4.74 Å². The van der Waals surface area contributed by atoms with Gasteiger partial charge in [0.2, 0.25) is 0 Å². The van der Waals surface area contributed by atoms with Crippen LogP contribution in [0.2, 0.25) is 0 Å². The van der Waals surface area contributed by atoms with Crippen molar-refractivity contribution in [2.75, 3.05) is 0 Å². The molecule has 1 aromatic heterocycles. The minimum absolute atomic E-state index is 0.128. The van der Waals surface area contributed by atoms with Crippen LogP contribution in [0.15, 0.2) is 42.6 Å². The minimum Gasteiger partial charge on any atom is -0.487 e. The Morgan fingerprint density at radius 2 is 1.90 bits per heavy atom. The molecule has 1 heterocycles. The third-order valence-corrected chi connectivity index (χ3v) is 3.04. The fraction of sp³-hybridized carbons (Fsp3) is 0.294. The zero-order valence-corrected chi connectivity index (χ0v) is 12.3. The molecule has 0 fully saturated rings. The maximum atomic E-state index is 10.9. The van der Waals surface area contributed by atoms with E-state index in [0.29, 0.717) is 18.1 Å². The Morgan fingerprint density at radius 3 is 2.57 bits per heavy atom. The van der Waals surface area contributed by atoms with Crippen molar-refractivity contribution in [3.8, 4) is 5.75 Å². The molecule has 0 saturated heterocycles. The second-order valence-corrected chi connectivity index (χ2v) is 4.70. The molecule has 4 heteroatoms. The lowest BCUT2D eigenvalue weighted by Crippen LogP contribution is -2.05. The van der Waals surface area contributed by atoms with Crippen LogP contribution in [0.5, 0.6) is 5.75 Å². The Labute approximate surface area is 124 Å². The second kappa shape index (κ2) is 7.43. The van der Waals surface area contributed by atoms with E-state index in [0.717, 1.165) is 17.5 Å². The Bertz CT molecular complexity index is 596. The van der Waals surface area contributed by atoms with Gasteiger partial charge in [-0.05, 0) is 23.6 Å². The number of aryl methyl sites for hydroxylation is 1. The summed E-state index contributed by atoms with van der Waals surface area (Å²) in [4.78, 5) is 15.3. The van der Waals surface area contributed by atoms with Crippen LogP contribution in [0.1, 0.15) is 30.7 Å². The topological polar surface area (TPSA) is 48.4 Å². The summed E-state index contributed by atoms with van der Waals surface area (Å²) < 4.78 is 10.9.